The topological polar surface area (TPSA) is 51.2 Å². The number of benzene rings is 1. The molecule has 0 spiro atoms. The summed E-state index contributed by atoms with van der Waals surface area (Å²) in [6.07, 6.45) is 1.52. The van der Waals surface area contributed by atoms with Crippen molar-refractivity contribution in [2.45, 2.75) is 0 Å². The van der Waals surface area contributed by atoms with Gasteiger partial charge >= 0.3 is 0 Å². The summed E-state index contributed by atoms with van der Waals surface area (Å²) in [5.74, 6) is -0.136. The zero-order valence-corrected chi connectivity index (χ0v) is 13.4. The van der Waals surface area contributed by atoms with Crippen LogP contribution in [0, 0.1) is 0 Å². The monoisotopic (exact) mass is 364 g/mol. The number of nitrogens with one attached hydrogen (secondary N) is 1. The molecule has 0 unspecified atom stereocenters. The van der Waals surface area contributed by atoms with Crippen molar-refractivity contribution < 1.29 is 9.53 Å². The lowest BCUT2D eigenvalue weighted by Gasteiger charge is -2.11. The van der Waals surface area contributed by atoms with Gasteiger partial charge < -0.3 is 10.1 Å². The molecule has 2 aromatic rings. The molecule has 8 heteroatoms. The van der Waals surface area contributed by atoms with Crippen molar-refractivity contribution in [1.29, 1.82) is 0 Å². The molecule has 0 saturated heterocycles. The maximum Gasteiger partial charge on any atom is 0.262 e. The fourth-order valence-corrected chi connectivity index (χ4v) is 2.54. The van der Waals surface area contributed by atoms with Crippen molar-refractivity contribution in [3.63, 3.8) is 0 Å². The molecule has 0 atom stereocenters. The van der Waals surface area contributed by atoms with Crippen molar-refractivity contribution in [3.8, 4) is 5.75 Å². The molecule has 1 N–H and O–H groups in total. The lowest BCUT2D eigenvalue weighted by molar-refractivity contribution is -0.118. The first-order valence-corrected chi connectivity index (χ1v) is 7.16. The van der Waals surface area contributed by atoms with E-state index in [4.69, 9.17) is 51.1 Å². The second-order valence-corrected chi connectivity index (χ2v) is 5.48. The molecule has 0 bridgehead atoms. The van der Waals surface area contributed by atoms with E-state index in [1.807, 2.05) is 0 Å². The third-order valence-electron chi connectivity index (χ3n) is 2.35. The van der Waals surface area contributed by atoms with Crippen LogP contribution < -0.4 is 10.1 Å². The van der Waals surface area contributed by atoms with E-state index in [1.165, 1.54) is 18.3 Å². The van der Waals surface area contributed by atoms with E-state index >= 15 is 0 Å². The minimum Gasteiger partial charge on any atom is -0.481 e. The lowest BCUT2D eigenvalue weighted by atomic mass is 10.3. The highest BCUT2D eigenvalue weighted by molar-refractivity contribution is 6.42. The minimum absolute atomic E-state index is 0.174. The van der Waals surface area contributed by atoms with Gasteiger partial charge in [-0.15, -0.1) is 0 Å². The number of amides is 1. The zero-order chi connectivity index (χ0) is 15.4. The Balaban J connectivity index is 2.01. The molecule has 0 aliphatic heterocycles. The molecule has 0 aliphatic rings. The van der Waals surface area contributed by atoms with Crippen LogP contribution in [0.4, 0.5) is 5.69 Å². The van der Waals surface area contributed by atoms with Crippen molar-refractivity contribution in [3.05, 3.63) is 50.7 Å². The summed E-state index contributed by atoms with van der Waals surface area (Å²) in [4.78, 5) is 15.7. The Bertz CT molecular complexity index is 656. The molecular weight excluding hydrogens is 358 g/mol. The van der Waals surface area contributed by atoms with Crippen LogP contribution in [0.25, 0.3) is 0 Å². The Morgan fingerprint density at radius 2 is 1.86 bits per heavy atom. The number of hydrogen-bond acceptors (Lipinski definition) is 3. The molecular formula is C13H8Cl4N2O2. The van der Waals surface area contributed by atoms with Crippen LogP contribution in [0.1, 0.15) is 0 Å². The summed E-state index contributed by atoms with van der Waals surface area (Å²) >= 11 is 23.5. The molecule has 1 amide bonds. The minimum atomic E-state index is -0.443. The van der Waals surface area contributed by atoms with Gasteiger partial charge in [0.15, 0.2) is 17.5 Å². The van der Waals surface area contributed by atoms with Crippen molar-refractivity contribution in [2.24, 2.45) is 0 Å². The lowest BCUT2D eigenvalue weighted by Crippen LogP contribution is -2.20. The molecule has 2 rings (SSSR count). The van der Waals surface area contributed by atoms with Crippen molar-refractivity contribution in [1.82, 2.24) is 4.98 Å². The number of carbonyl (C=O) groups is 1. The Labute approximate surface area is 140 Å². The average Bonchev–Trinajstić information content (AvgIpc) is 2.42. The van der Waals surface area contributed by atoms with Crippen LogP contribution in [0.2, 0.25) is 20.2 Å². The van der Waals surface area contributed by atoms with Crippen LogP contribution in [-0.2, 0) is 4.79 Å². The van der Waals surface area contributed by atoms with Gasteiger partial charge in [-0.25, -0.2) is 4.98 Å². The van der Waals surface area contributed by atoms with Gasteiger partial charge in [-0.2, -0.15) is 0 Å². The number of anilines is 1. The Morgan fingerprint density at radius 3 is 2.48 bits per heavy atom. The summed E-state index contributed by atoms with van der Waals surface area (Å²) in [5.41, 5.74) is 0.272. The third-order valence-corrected chi connectivity index (χ3v) is 3.45. The predicted molar refractivity (Wildman–Crippen MR) is 84.8 cm³/mol. The Kier molecular flexibility index (Phi) is 5.53. The number of carbonyl (C=O) groups excluding carboxylic acids is 1. The van der Waals surface area contributed by atoms with E-state index < -0.39 is 5.91 Å². The summed E-state index contributed by atoms with van der Waals surface area (Å²) in [6.45, 7) is -0.263. The first-order valence-electron chi connectivity index (χ1n) is 5.65. The smallest absolute Gasteiger partial charge is 0.262 e. The van der Waals surface area contributed by atoms with E-state index in [-0.39, 0.29) is 27.5 Å². The van der Waals surface area contributed by atoms with E-state index in [0.29, 0.717) is 10.8 Å². The second kappa shape index (κ2) is 7.18. The highest BCUT2D eigenvalue weighted by Gasteiger charge is 2.12. The summed E-state index contributed by atoms with van der Waals surface area (Å²) in [5, 5.41) is 3.57. The van der Waals surface area contributed by atoms with E-state index in [2.05, 4.69) is 10.3 Å². The molecule has 1 aromatic carbocycles. The van der Waals surface area contributed by atoms with E-state index in [1.54, 1.807) is 12.1 Å². The standard InChI is InChI=1S/C13H8Cl4N2O2/c14-7-4-8(15)12(9(16)5-7)19-11(20)6-21-10-2-1-3-18-13(10)17/h1-5H,6H2,(H,19,20). The summed E-state index contributed by atoms with van der Waals surface area (Å²) in [6, 6.07) is 6.20. The van der Waals surface area contributed by atoms with E-state index in [9.17, 15) is 4.79 Å². The molecule has 0 aliphatic carbocycles. The molecule has 1 aromatic heterocycles. The van der Waals surface area contributed by atoms with Crippen molar-refractivity contribution in [2.75, 3.05) is 11.9 Å². The molecule has 21 heavy (non-hydrogen) atoms. The number of rotatable bonds is 4. The van der Waals surface area contributed by atoms with E-state index in [0.717, 1.165) is 0 Å². The highest BCUT2D eigenvalue weighted by Crippen LogP contribution is 2.33. The fraction of sp³-hybridized carbons (Fsp3) is 0.0769. The maximum absolute atomic E-state index is 11.8. The summed E-state index contributed by atoms with van der Waals surface area (Å²) in [7, 11) is 0. The predicted octanol–water partition coefficient (Wildman–Crippen LogP) is 4.71. The largest absolute Gasteiger partial charge is 0.481 e. The average molecular weight is 366 g/mol. The van der Waals surface area contributed by atoms with Gasteiger partial charge in [-0.3, -0.25) is 4.79 Å². The molecule has 0 radical (unpaired) electrons. The van der Waals surface area contributed by atoms with Gasteiger partial charge in [0.25, 0.3) is 5.91 Å². The van der Waals surface area contributed by atoms with Crippen LogP contribution in [-0.4, -0.2) is 17.5 Å². The SMILES string of the molecule is O=C(COc1cccnc1Cl)Nc1c(Cl)cc(Cl)cc1Cl. The normalized spacial score (nSPS) is 10.3. The van der Waals surface area contributed by atoms with Gasteiger partial charge in [0.05, 0.1) is 15.7 Å². The third kappa shape index (κ3) is 4.38. The molecule has 110 valence electrons. The highest BCUT2D eigenvalue weighted by atomic mass is 35.5. The van der Waals surface area contributed by atoms with Gasteiger partial charge in [-0.05, 0) is 24.3 Å². The number of pyridine rings is 1. The molecule has 0 fully saturated rings. The second-order valence-electron chi connectivity index (χ2n) is 3.87. The number of hydrogen-bond donors (Lipinski definition) is 1. The Hall–Kier alpha value is -1.20. The van der Waals surface area contributed by atoms with Gasteiger partial charge in [0.2, 0.25) is 0 Å². The number of nitrogens with zero attached hydrogens (tertiary/aromatic N) is 1. The van der Waals surface area contributed by atoms with Crippen molar-refractivity contribution >= 4 is 58.0 Å². The van der Waals surface area contributed by atoms with Gasteiger partial charge in [0.1, 0.15) is 0 Å². The number of halogens is 4. The van der Waals surface area contributed by atoms with Crippen LogP contribution in [0.5, 0.6) is 5.75 Å². The summed E-state index contributed by atoms with van der Waals surface area (Å²) < 4.78 is 5.26. The Morgan fingerprint density at radius 1 is 1.19 bits per heavy atom. The van der Waals surface area contributed by atoms with Gasteiger partial charge in [0, 0.05) is 11.2 Å². The van der Waals surface area contributed by atoms with Crippen LogP contribution in [0.15, 0.2) is 30.5 Å². The fourth-order valence-electron chi connectivity index (χ4n) is 1.46. The van der Waals surface area contributed by atoms with Crippen LogP contribution >= 0.6 is 46.4 Å². The number of aromatic nitrogens is 1. The zero-order valence-electron chi connectivity index (χ0n) is 10.4. The molecule has 0 saturated carbocycles. The molecule has 4 nitrogen and oxygen atoms in total. The number of ether oxygens (including phenoxy) is 1. The van der Waals surface area contributed by atoms with Gasteiger partial charge in [-0.1, -0.05) is 46.4 Å². The quantitative estimate of drug-likeness (QED) is 0.798. The maximum atomic E-state index is 11.8. The molecule has 1 heterocycles. The first-order chi connectivity index (χ1) is 9.97. The first kappa shape index (κ1) is 16.2. The van der Waals surface area contributed by atoms with Crippen LogP contribution in [0.3, 0.4) is 0 Å².